The summed E-state index contributed by atoms with van der Waals surface area (Å²) in [5.74, 6) is 0.186. The molecule has 1 aliphatic rings. The molecule has 0 bridgehead atoms. The van der Waals surface area contributed by atoms with Crippen LogP contribution in [0.15, 0.2) is 54.6 Å². The molecule has 1 fully saturated rings. The smallest absolute Gasteiger partial charge is 0.145 e. The van der Waals surface area contributed by atoms with Gasteiger partial charge in [-0.3, -0.25) is 4.79 Å². The van der Waals surface area contributed by atoms with Crippen LogP contribution in [-0.4, -0.2) is 19.0 Å². The molecule has 0 atom stereocenters. The van der Waals surface area contributed by atoms with Gasteiger partial charge in [-0.2, -0.15) is 0 Å². The van der Waals surface area contributed by atoms with Crippen molar-refractivity contribution in [2.75, 3.05) is 13.2 Å². The largest absolute Gasteiger partial charge is 0.378 e. The zero-order chi connectivity index (χ0) is 13.3. The average molecular weight is 252 g/mol. The molecule has 2 nitrogen and oxygen atoms in total. The third kappa shape index (κ3) is 1.98. The van der Waals surface area contributed by atoms with Crippen LogP contribution in [0.1, 0.15) is 12.5 Å². The number of benzene rings is 2. The molecule has 1 saturated heterocycles. The summed E-state index contributed by atoms with van der Waals surface area (Å²) in [4.78, 5) is 11.8. The average Bonchev–Trinajstić information content (AvgIpc) is 2.39. The zero-order valence-corrected chi connectivity index (χ0v) is 10.9. The van der Waals surface area contributed by atoms with Gasteiger partial charge in [-0.1, -0.05) is 54.6 Å². The fraction of sp³-hybridized carbons (Fsp3) is 0.235. The van der Waals surface area contributed by atoms with Crippen LogP contribution in [0.3, 0.4) is 0 Å². The number of carbonyl (C=O) groups excluding carboxylic acids is 1. The van der Waals surface area contributed by atoms with Crippen molar-refractivity contribution in [3.8, 4) is 11.1 Å². The monoisotopic (exact) mass is 252 g/mol. The lowest BCUT2D eigenvalue weighted by Crippen LogP contribution is -2.52. The van der Waals surface area contributed by atoms with Crippen LogP contribution >= 0.6 is 0 Å². The van der Waals surface area contributed by atoms with E-state index >= 15 is 0 Å². The maximum Gasteiger partial charge on any atom is 0.145 e. The Kier molecular flexibility index (Phi) is 2.96. The molecule has 2 aromatic carbocycles. The molecule has 96 valence electrons. The number of Topliss-reactive ketones (excluding diaryl/α,β-unsaturated/α-hetero) is 1. The van der Waals surface area contributed by atoms with Gasteiger partial charge in [0.25, 0.3) is 0 Å². The summed E-state index contributed by atoms with van der Waals surface area (Å²) in [6.45, 7) is 2.66. The van der Waals surface area contributed by atoms with Crippen molar-refractivity contribution < 1.29 is 9.53 Å². The maximum absolute atomic E-state index is 11.8. The van der Waals surface area contributed by atoms with E-state index in [2.05, 4.69) is 24.3 Å². The molecule has 1 aliphatic heterocycles. The van der Waals surface area contributed by atoms with E-state index < -0.39 is 5.41 Å². The Balaban J connectivity index is 1.93. The molecule has 3 rings (SSSR count). The number of rotatable bonds is 3. The second kappa shape index (κ2) is 4.63. The van der Waals surface area contributed by atoms with Crippen molar-refractivity contribution in [3.63, 3.8) is 0 Å². The van der Waals surface area contributed by atoms with Crippen LogP contribution < -0.4 is 0 Å². The molecule has 19 heavy (non-hydrogen) atoms. The van der Waals surface area contributed by atoms with Crippen molar-refractivity contribution in [2.24, 2.45) is 0 Å². The van der Waals surface area contributed by atoms with Gasteiger partial charge >= 0.3 is 0 Å². The summed E-state index contributed by atoms with van der Waals surface area (Å²) >= 11 is 0. The summed E-state index contributed by atoms with van der Waals surface area (Å²) < 4.78 is 5.25. The van der Waals surface area contributed by atoms with Crippen molar-refractivity contribution in [2.45, 2.75) is 12.3 Å². The minimum absolute atomic E-state index is 0.186. The van der Waals surface area contributed by atoms with Crippen LogP contribution in [0, 0.1) is 0 Å². The molecule has 0 aliphatic carbocycles. The summed E-state index contributed by atoms with van der Waals surface area (Å²) in [5, 5.41) is 0. The van der Waals surface area contributed by atoms with Crippen LogP contribution in [0.2, 0.25) is 0 Å². The minimum atomic E-state index is -0.408. The molecule has 1 heterocycles. The van der Waals surface area contributed by atoms with Gasteiger partial charge in [-0.25, -0.2) is 0 Å². The Hall–Kier alpha value is -1.93. The van der Waals surface area contributed by atoms with E-state index in [0.717, 1.165) is 5.56 Å². The minimum Gasteiger partial charge on any atom is -0.378 e. The maximum atomic E-state index is 11.8. The van der Waals surface area contributed by atoms with Crippen molar-refractivity contribution in [3.05, 3.63) is 60.2 Å². The number of carbonyl (C=O) groups is 1. The second-order valence-corrected chi connectivity index (χ2v) is 5.07. The van der Waals surface area contributed by atoms with E-state index in [1.807, 2.05) is 30.3 Å². The summed E-state index contributed by atoms with van der Waals surface area (Å²) in [6.07, 6.45) is 0. The van der Waals surface area contributed by atoms with E-state index in [0.29, 0.717) is 13.2 Å². The molecule has 2 heteroatoms. The highest BCUT2D eigenvalue weighted by Crippen LogP contribution is 2.34. The van der Waals surface area contributed by atoms with Crippen LogP contribution in [0.4, 0.5) is 0 Å². The summed E-state index contributed by atoms with van der Waals surface area (Å²) in [5.41, 5.74) is 3.01. The fourth-order valence-electron chi connectivity index (χ4n) is 2.49. The molecule has 0 spiro atoms. The molecule has 0 aromatic heterocycles. The zero-order valence-electron chi connectivity index (χ0n) is 10.9. The Morgan fingerprint density at radius 3 is 2.00 bits per heavy atom. The van der Waals surface area contributed by atoms with Gasteiger partial charge in [-0.05, 0) is 23.6 Å². The predicted octanol–water partition coefficient (Wildman–Crippen LogP) is 3.21. The molecule has 0 radical (unpaired) electrons. The lowest BCUT2D eigenvalue weighted by molar-refractivity contribution is -0.140. The predicted molar refractivity (Wildman–Crippen MR) is 75.1 cm³/mol. The van der Waals surface area contributed by atoms with Gasteiger partial charge in [0.2, 0.25) is 0 Å². The first-order valence-electron chi connectivity index (χ1n) is 6.47. The van der Waals surface area contributed by atoms with Crippen molar-refractivity contribution in [1.29, 1.82) is 0 Å². The van der Waals surface area contributed by atoms with E-state index in [9.17, 15) is 4.79 Å². The first-order valence-corrected chi connectivity index (χ1v) is 6.47. The van der Waals surface area contributed by atoms with E-state index in [4.69, 9.17) is 4.74 Å². The highest BCUT2D eigenvalue weighted by Gasteiger charge is 2.44. The number of ether oxygens (including phenoxy) is 1. The normalized spacial score (nSPS) is 16.7. The van der Waals surface area contributed by atoms with Gasteiger partial charge in [0, 0.05) is 0 Å². The van der Waals surface area contributed by atoms with Crippen LogP contribution in [-0.2, 0) is 14.9 Å². The van der Waals surface area contributed by atoms with E-state index in [-0.39, 0.29) is 5.78 Å². The van der Waals surface area contributed by atoms with E-state index in [1.165, 1.54) is 11.1 Å². The van der Waals surface area contributed by atoms with Gasteiger partial charge in [0.1, 0.15) is 11.2 Å². The quantitative estimate of drug-likeness (QED) is 0.838. The molecule has 0 saturated carbocycles. The van der Waals surface area contributed by atoms with Gasteiger partial charge in [-0.15, -0.1) is 0 Å². The third-order valence-corrected chi connectivity index (χ3v) is 3.92. The first-order chi connectivity index (χ1) is 9.22. The molecular formula is C17H16O2. The Bertz CT molecular complexity index is 580. The SMILES string of the molecule is CC(=O)C1(c2ccc(-c3ccccc3)cc2)COC1. The Labute approximate surface area is 113 Å². The summed E-state index contributed by atoms with van der Waals surface area (Å²) in [7, 11) is 0. The fourth-order valence-corrected chi connectivity index (χ4v) is 2.49. The van der Waals surface area contributed by atoms with Crippen LogP contribution in [0.5, 0.6) is 0 Å². The molecular weight excluding hydrogens is 236 g/mol. The number of hydrogen-bond acceptors (Lipinski definition) is 2. The first kappa shape index (κ1) is 12.1. The van der Waals surface area contributed by atoms with Crippen molar-refractivity contribution >= 4 is 5.78 Å². The highest BCUT2D eigenvalue weighted by molar-refractivity contribution is 5.89. The topological polar surface area (TPSA) is 26.3 Å². The van der Waals surface area contributed by atoms with Crippen LogP contribution in [0.25, 0.3) is 11.1 Å². The summed E-state index contributed by atoms with van der Waals surface area (Å²) in [6, 6.07) is 18.5. The third-order valence-electron chi connectivity index (χ3n) is 3.92. The molecule has 0 amide bonds. The lowest BCUT2D eigenvalue weighted by atomic mass is 9.75. The van der Waals surface area contributed by atoms with Gasteiger partial charge in [0.05, 0.1) is 13.2 Å². The molecule has 0 N–H and O–H groups in total. The van der Waals surface area contributed by atoms with Gasteiger partial charge < -0.3 is 4.74 Å². The van der Waals surface area contributed by atoms with Gasteiger partial charge in [0.15, 0.2) is 0 Å². The second-order valence-electron chi connectivity index (χ2n) is 5.07. The lowest BCUT2D eigenvalue weighted by Gasteiger charge is -2.39. The standard InChI is InChI=1S/C17H16O2/c1-13(18)17(11-19-12-17)16-9-7-15(8-10-16)14-5-3-2-4-6-14/h2-10H,11-12H2,1H3. The molecule has 2 aromatic rings. The number of ketones is 1. The highest BCUT2D eigenvalue weighted by atomic mass is 16.5. The van der Waals surface area contributed by atoms with E-state index in [1.54, 1.807) is 6.92 Å². The Morgan fingerprint density at radius 2 is 1.53 bits per heavy atom. The van der Waals surface area contributed by atoms with Crippen molar-refractivity contribution in [1.82, 2.24) is 0 Å². The Morgan fingerprint density at radius 1 is 0.947 bits per heavy atom. The number of hydrogen-bond donors (Lipinski definition) is 0. The molecule has 0 unspecified atom stereocenters.